The van der Waals surface area contributed by atoms with Gasteiger partial charge in [0.1, 0.15) is 0 Å². The second-order valence-corrected chi connectivity index (χ2v) is 21.6. The second kappa shape index (κ2) is 8.85. The van der Waals surface area contributed by atoms with E-state index in [1.165, 1.54) is 21.2 Å². The van der Waals surface area contributed by atoms with E-state index in [2.05, 4.69) is 146 Å². The Labute approximate surface area is 179 Å². The fraction of sp³-hybridized carbons (Fsp3) is 0.0769. The van der Waals surface area contributed by atoms with Crippen LogP contribution in [-0.2, 0) is 0 Å². The van der Waals surface area contributed by atoms with Crippen molar-refractivity contribution in [2.45, 2.75) is 0 Å². The van der Waals surface area contributed by atoms with Crippen molar-refractivity contribution in [2.24, 2.45) is 0 Å². The van der Waals surface area contributed by atoms with Crippen LogP contribution in [0.15, 0.2) is 121 Å². The summed E-state index contributed by atoms with van der Waals surface area (Å²) < 4.78 is 0. The third kappa shape index (κ3) is 4.19. The maximum atomic E-state index is 2.53. The van der Waals surface area contributed by atoms with Crippen molar-refractivity contribution >= 4 is 45.1 Å². The third-order valence-corrected chi connectivity index (χ3v) is 24.9. The van der Waals surface area contributed by atoms with Gasteiger partial charge in [-0.3, -0.25) is 0 Å². The van der Waals surface area contributed by atoms with Crippen LogP contribution in [0.2, 0.25) is 0 Å². The van der Waals surface area contributed by atoms with Gasteiger partial charge in [0.15, 0.2) is 0 Å². The first-order chi connectivity index (χ1) is 14.1. The van der Waals surface area contributed by atoms with Gasteiger partial charge in [0, 0.05) is 0 Å². The Bertz CT molecular complexity index is 869. The Kier molecular flexibility index (Phi) is 6.21. The van der Waals surface area contributed by atoms with E-state index in [1.807, 2.05) is 0 Å². The van der Waals surface area contributed by atoms with Gasteiger partial charge >= 0.3 is 180 Å². The summed E-state index contributed by atoms with van der Waals surface area (Å²) in [5.41, 5.74) is 0. The third-order valence-electron chi connectivity index (χ3n) is 5.71. The molecule has 0 aliphatic rings. The summed E-state index contributed by atoms with van der Waals surface area (Å²) in [6.07, 6.45) is 0. The second-order valence-electron chi connectivity index (χ2n) is 7.63. The van der Waals surface area contributed by atoms with Gasteiger partial charge < -0.3 is 0 Å². The van der Waals surface area contributed by atoms with Crippen molar-refractivity contribution in [1.29, 1.82) is 0 Å². The first-order valence-corrected chi connectivity index (χ1v) is 17.3. The molecule has 0 N–H and O–H groups in total. The fourth-order valence-corrected chi connectivity index (χ4v) is 26.4. The normalized spacial score (nSPS) is 13.0. The summed E-state index contributed by atoms with van der Waals surface area (Å²) in [6, 6.07) is 44.6. The quantitative estimate of drug-likeness (QED) is 0.356. The van der Waals surface area contributed by atoms with Crippen molar-refractivity contribution in [3.63, 3.8) is 0 Å². The predicted octanol–water partition coefficient (Wildman–Crippen LogP) is 5.61. The van der Waals surface area contributed by atoms with Crippen LogP contribution < -0.4 is 21.2 Å². The van der Waals surface area contributed by atoms with Gasteiger partial charge in [0.05, 0.1) is 0 Å². The van der Waals surface area contributed by atoms with Gasteiger partial charge in [-0.2, -0.15) is 0 Å². The molecular weight excluding hydrogens is 406 g/mol. The molecule has 0 saturated heterocycles. The zero-order valence-electron chi connectivity index (χ0n) is 17.0. The molecule has 0 aliphatic heterocycles. The molecule has 0 radical (unpaired) electrons. The van der Waals surface area contributed by atoms with E-state index >= 15 is 0 Å². The molecule has 29 heavy (non-hydrogen) atoms. The molecule has 3 heteroatoms. The Morgan fingerprint density at radius 1 is 0.379 bits per heavy atom. The molecule has 4 aromatic rings. The zero-order valence-corrected chi connectivity index (χ0v) is 19.8. The summed E-state index contributed by atoms with van der Waals surface area (Å²) >= 11 is 2.28. The van der Waals surface area contributed by atoms with Crippen LogP contribution in [0.25, 0.3) is 0 Å². The average molecular weight is 435 g/mol. The Balaban J connectivity index is 1.91. The molecule has 4 aromatic carbocycles. The van der Waals surface area contributed by atoms with E-state index in [4.69, 9.17) is 0 Å². The molecule has 0 aromatic heterocycles. The summed E-state index contributed by atoms with van der Waals surface area (Å²) in [4.78, 5) is 0. The molecule has 0 unspecified atom stereocenters. The summed E-state index contributed by atoms with van der Waals surface area (Å²) in [5, 5.41) is 5.95. The van der Waals surface area contributed by atoms with E-state index in [0.29, 0.717) is 0 Å². The predicted molar refractivity (Wildman–Crippen MR) is 140 cm³/mol. The molecule has 0 nitrogen and oxygen atoms in total. The molecule has 0 spiro atoms. The standard InChI is InChI=1S/C26H28P2S/c1-27(23-15-7-3-8-16-23,24-17-9-4-10-18-24)29-28(2,25-19-11-5-12-20-25)26-21-13-6-14-22-26/h3-22,27-28H,1-2H3. The van der Waals surface area contributed by atoms with E-state index in [1.54, 1.807) is 0 Å². The van der Waals surface area contributed by atoms with Gasteiger partial charge in [0.2, 0.25) is 0 Å². The van der Waals surface area contributed by atoms with Gasteiger partial charge in [-0.1, -0.05) is 0 Å². The van der Waals surface area contributed by atoms with Crippen LogP contribution in [0, 0.1) is 0 Å². The molecule has 148 valence electrons. The summed E-state index contributed by atoms with van der Waals surface area (Å²) in [5.74, 6) is 0. The Morgan fingerprint density at radius 3 is 0.793 bits per heavy atom. The fourth-order valence-electron chi connectivity index (χ4n) is 4.00. The van der Waals surface area contributed by atoms with Crippen LogP contribution >= 0.6 is 23.9 Å². The summed E-state index contributed by atoms with van der Waals surface area (Å²) in [6.45, 7) is 1.01. The SMILES string of the molecule is C[PH](S[PH](C)(c1ccccc1)c1ccccc1)(c1ccccc1)c1ccccc1. The van der Waals surface area contributed by atoms with Crippen LogP contribution in [0.5, 0.6) is 0 Å². The molecule has 0 aliphatic carbocycles. The average Bonchev–Trinajstić information content (AvgIpc) is 2.81. The molecule has 0 amide bonds. The molecule has 0 fully saturated rings. The zero-order chi connectivity index (χ0) is 20.2. The first kappa shape index (κ1) is 20.4. The number of hydrogen-bond donors (Lipinski definition) is 0. The van der Waals surface area contributed by atoms with Crippen molar-refractivity contribution < 1.29 is 0 Å². The summed E-state index contributed by atoms with van der Waals surface area (Å²) in [7, 11) is 0. The molecule has 4 rings (SSSR count). The van der Waals surface area contributed by atoms with E-state index in [9.17, 15) is 0 Å². The van der Waals surface area contributed by atoms with Crippen molar-refractivity contribution in [3.05, 3.63) is 121 Å². The molecule has 0 atom stereocenters. The van der Waals surface area contributed by atoms with E-state index in [0.717, 1.165) is 0 Å². The van der Waals surface area contributed by atoms with Crippen molar-refractivity contribution in [1.82, 2.24) is 0 Å². The number of hydrogen-bond acceptors (Lipinski definition) is 1. The molecule has 0 bridgehead atoms. The maximum absolute atomic E-state index is 2.53. The molecule has 0 saturated carbocycles. The van der Waals surface area contributed by atoms with Gasteiger partial charge in [0.25, 0.3) is 0 Å². The topological polar surface area (TPSA) is 0 Å². The van der Waals surface area contributed by atoms with Crippen molar-refractivity contribution in [3.8, 4) is 0 Å². The monoisotopic (exact) mass is 434 g/mol. The van der Waals surface area contributed by atoms with Gasteiger partial charge in [-0.25, -0.2) is 0 Å². The Hall–Kier alpha value is -1.91. The van der Waals surface area contributed by atoms with E-state index < -0.39 is 12.9 Å². The number of benzene rings is 4. The van der Waals surface area contributed by atoms with Gasteiger partial charge in [-0.05, 0) is 0 Å². The van der Waals surface area contributed by atoms with Crippen LogP contribution in [0.3, 0.4) is 0 Å². The minimum absolute atomic E-state index is 1.49. The first-order valence-electron chi connectivity index (χ1n) is 10.1. The van der Waals surface area contributed by atoms with Crippen LogP contribution in [-0.4, -0.2) is 13.3 Å². The Morgan fingerprint density at radius 2 is 0.586 bits per heavy atom. The number of rotatable bonds is 6. The molecule has 0 heterocycles. The minimum atomic E-state index is -2.02. The van der Waals surface area contributed by atoms with E-state index in [-0.39, 0.29) is 0 Å². The van der Waals surface area contributed by atoms with Crippen LogP contribution in [0.1, 0.15) is 0 Å². The van der Waals surface area contributed by atoms with Gasteiger partial charge in [-0.15, -0.1) is 0 Å². The van der Waals surface area contributed by atoms with Crippen molar-refractivity contribution in [2.75, 3.05) is 13.3 Å². The molecular formula is C26H28P2S. The van der Waals surface area contributed by atoms with Crippen LogP contribution in [0.4, 0.5) is 0 Å².